The van der Waals surface area contributed by atoms with Gasteiger partial charge in [-0.25, -0.2) is 0 Å². The summed E-state index contributed by atoms with van der Waals surface area (Å²) in [6, 6.07) is 8.30. The minimum absolute atomic E-state index is 0.0540. The molecule has 0 fully saturated rings. The van der Waals surface area contributed by atoms with Gasteiger partial charge in [0.05, 0.1) is 5.52 Å². The average molecular weight is 272 g/mol. The molecule has 0 spiro atoms. The second kappa shape index (κ2) is 4.74. The van der Waals surface area contributed by atoms with E-state index in [0.29, 0.717) is 0 Å². The van der Waals surface area contributed by atoms with E-state index in [2.05, 4.69) is 45.8 Å². The summed E-state index contributed by atoms with van der Waals surface area (Å²) in [5, 5.41) is 12.1. The van der Waals surface area contributed by atoms with Crippen LogP contribution in [0, 0.1) is 6.92 Å². The standard InChI is InChI=1S/C14H16N4S/c1-10-13(15-16-14-17(2)8-9-19-14)11-6-4-5-7-12(11)18(10)3/h4-9,14H,1-3H3. The molecule has 0 amide bonds. The Labute approximate surface area is 116 Å². The van der Waals surface area contributed by atoms with E-state index in [9.17, 15) is 0 Å². The second-order valence-electron chi connectivity index (χ2n) is 4.64. The van der Waals surface area contributed by atoms with E-state index in [0.717, 1.165) is 16.8 Å². The summed E-state index contributed by atoms with van der Waals surface area (Å²) in [5.74, 6) is 0. The lowest BCUT2D eigenvalue weighted by atomic mass is 10.2. The molecule has 0 N–H and O–H groups in total. The minimum atomic E-state index is 0.0540. The smallest absolute Gasteiger partial charge is 0.193 e. The Morgan fingerprint density at radius 3 is 2.74 bits per heavy atom. The topological polar surface area (TPSA) is 32.9 Å². The highest BCUT2D eigenvalue weighted by Gasteiger charge is 2.16. The van der Waals surface area contributed by atoms with Crippen LogP contribution < -0.4 is 0 Å². The van der Waals surface area contributed by atoms with Crippen molar-refractivity contribution in [3.63, 3.8) is 0 Å². The van der Waals surface area contributed by atoms with Crippen LogP contribution in [-0.2, 0) is 7.05 Å². The number of aromatic nitrogens is 1. The van der Waals surface area contributed by atoms with E-state index in [-0.39, 0.29) is 5.50 Å². The molecular weight excluding hydrogens is 256 g/mol. The van der Waals surface area contributed by atoms with E-state index in [4.69, 9.17) is 0 Å². The Morgan fingerprint density at radius 2 is 2.00 bits per heavy atom. The van der Waals surface area contributed by atoms with Gasteiger partial charge in [-0.3, -0.25) is 0 Å². The zero-order valence-corrected chi connectivity index (χ0v) is 12.1. The SMILES string of the molecule is Cc1c(N=NC2SC=CN2C)c2ccccc2n1C. The van der Waals surface area contributed by atoms with Crippen molar-refractivity contribution in [1.29, 1.82) is 0 Å². The molecule has 1 aromatic carbocycles. The highest BCUT2D eigenvalue weighted by Crippen LogP contribution is 2.34. The molecule has 19 heavy (non-hydrogen) atoms. The third-order valence-corrected chi connectivity index (χ3v) is 4.42. The van der Waals surface area contributed by atoms with E-state index in [1.165, 1.54) is 5.52 Å². The van der Waals surface area contributed by atoms with Crippen LogP contribution in [0.1, 0.15) is 5.69 Å². The summed E-state index contributed by atoms with van der Waals surface area (Å²) in [6.07, 6.45) is 2.02. The summed E-state index contributed by atoms with van der Waals surface area (Å²) in [6.45, 7) is 2.08. The number of thioether (sulfide) groups is 1. The van der Waals surface area contributed by atoms with Crippen molar-refractivity contribution >= 4 is 28.4 Å². The van der Waals surface area contributed by atoms with E-state index in [1.807, 2.05) is 30.8 Å². The van der Waals surface area contributed by atoms with Crippen molar-refractivity contribution < 1.29 is 0 Å². The maximum absolute atomic E-state index is 4.49. The monoisotopic (exact) mass is 272 g/mol. The van der Waals surface area contributed by atoms with Gasteiger partial charge in [-0.05, 0) is 18.4 Å². The molecule has 4 nitrogen and oxygen atoms in total. The first-order chi connectivity index (χ1) is 9.18. The van der Waals surface area contributed by atoms with Crippen molar-refractivity contribution in [1.82, 2.24) is 9.47 Å². The van der Waals surface area contributed by atoms with Crippen LogP contribution in [0.4, 0.5) is 5.69 Å². The summed E-state index contributed by atoms with van der Waals surface area (Å²) in [5.41, 5.74) is 3.36. The van der Waals surface area contributed by atoms with Crippen molar-refractivity contribution in [2.75, 3.05) is 7.05 Å². The fourth-order valence-electron chi connectivity index (χ4n) is 2.21. The van der Waals surface area contributed by atoms with Crippen LogP contribution >= 0.6 is 11.8 Å². The van der Waals surface area contributed by atoms with Gasteiger partial charge in [-0.2, -0.15) is 10.2 Å². The number of azo groups is 1. The number of benzene rings is 1. The van der Waals surface area contributed by atoms with Crippen LogP contribution in [0.2, 0.25) is 0 Å². The molecule has 0 radical (unpaired) electrons. The predicted molar refractivity (Wildman–Crippen MR) is 80.5 cm³/mol. The lowest BCUT2D eigenvalue weighted by Crippen LogP contribution is -2.16. The Balaban J connectivity index is 2.01. The lowest BCUT2D eigenvalue weighted by molar-refractivity contribution is 0.437. The molecule has 1 unspecified atom stereocenters. The third kappa shape index (κ3) is 2.04. The van der Waals surface area contributed by atoms with Crippen molar-refractivity contribution in [2.24, 2.45) is 17.3 Å². The number of hydrogen-bond acceptors (Lipinski definition) is 4. The first-order valence-corrected chi connectivity index (χ1v) is 7.11. The molecule has 5 heteroatoms. The number of para-hydroxylation sites is 1. The number of rotatable bonds is 2. The molecule has 2 heterocycles. The summed E-state index contributed by atoms with van der Waals surface area (Å²) >= 11 is 1.67. The first kappa shape index (κ1) is 12.3. The maximum atomic E-state index is 4.49. The fourth-order valence-corrected chi connectivity index (χ4v) is 2.98. The summed E-state index contributed by atoms with van der Waals surface area (Å²) < 4.78 is 2.16. The predicted octanol–water partition coefficient (Wildman–Crippen LogP) is 4.00. The fraction of sp³-hybridized carbons (Fsp3) is 0.286. The van der Waals surface area contributed by atoms with Crippen molar-refractivity contribution in [2.45, 2.75) is 12.4 Å². The first-order valence-electron chi connectivity index (χ1n) is 6.17. The van der Waals surface area contributed by atoms with Crippen molar-refractivity contribution in [3.05, 3.63) is 41.6 Å². The molecule has 1 atom stereocenters. The van der Waals surface area contributed by atoms with E-state index < -0.39 is 0 Å². The Morgan fingerprint density at radius 1 is 1.21 bits per heavy atom. The molecule has 1 aromatic heterocycles. The molecule has 0 saturated carbocycles. The largest absolute Gasteiger partial charge is 0.349 e. The van der Waals surface area contributed by atoms with Gasteiger partial charge in [-0.15, -0.1) is 0 Å². The summed E-state index contributed by atoms with van der Waals surface area (Å²) in [4.78, 5) is 2.05. The molecule has 0 aliphatic carbocycles. The molecule has 0 bridgehead atoms. The van der Waals surface area contributed by atoms with Gasteiger partial charge in [-0.1, -0.05) is 30.0 Å². The number of aryl methyl sites for hydroxylation is 1. The highest BCUT2D eigenvalue weighted by molar-refractivity contribution is 8.02. The van der Waals surface area contributed by atoms with E-state index >= 15 is 0 Å². The summed E-state index contributed by atoms with van der Waals surface area (Å²) in [7, 11) is 4.07. The lowest BCUT2D eigenvalue weighted by Gasteiger charge is -2.13. The van der Waals surface area contributed by atoms with Gasteiger partial charge in [0.15, 0.2) is 5.50 Å². The number of fused-ring (bicyclic) bond motifs is 1. The molecule has 3 rings (SSSR count). The van der Waals surface area contributed by atoms with Gasteiger partial charge in [0, 0.05) is 31.4 Å². The third-order valence-electron chi connectivity index (χ3n) is 3.47. The zero-order chi connectivity index (χ0) is 13.4. The van der Waals surface area contributed by atoms with Crippen LogP contribution in [0.5, 0.6) is 0 Å². The van der Waals surface area contributed by atoms with Gasteiger partial charge < -0.3 is 9.47 Å². The van der Waals surface area contributed by atoms with Gasteiger partial charge in [0.25, 0.3) is 0 Å². The Bertz CT molecular complexity index is 671. The highest BCUT2D eigenvalue weighted by atomic mass is 32.2. The zero-order valence-electron chi connectivity index (χ0n) is 11.2. The molecular formula is C14H16N4S. The van der Waals surface area contributed by atoms with E-state index in [1.54, 1.807) is 11.8 Å². The van der Waals surface area contributed by atoms with Gasteiger partial charge >= 0.3 is 0 Å². The molecule has 2 aromatic rings. The molecule has 1 aliphatic rings. The molecule has 0 saturated heterocycles. The number of hydrogen-bond donors (Lipinski definition) is 0. The molecule has 1 aliphatic heterocycles. The Kier molecular flexibility index (Phi) is 3.06. The van der Waals surface area contributed by atoms with Crippen molar-refractivity contribution in [3.8, 4) is 0 Å². The van der Waals surface area contributed by atoms with Crippen LogP contribution in [-0.4, -0.2) is 22.0 Å². The second-order valence-corrected chi connectivity index (χ2v) is 5.60. The number of nitrogens with zero attached hydrogens (tertiary/aromatic N) is 4. The normalized spacial score (nSPS) is 19.1. The van der Waals surface area contributed by atoms with Gasteiger partial charge in [0.1, 0.15) is 5.69 Å². The van der Waals surface area contributed by atoms with Crippen LogP contribution in [0.15, 0.2) is 46.1 Å². The quantitative estimate of drug-likeness (QED) is 0.774. The van der Waals surface area contributed by atoms with Gasteiger partial charge in [0.2, 0.25) is 0 Å². The Hall–Kier alpha value is -1.75. The molecule has 98 valence electrons. The van der Waals surface area contributed by atoms with Crippen LogP contribution in [0.3, 0.4) is 0 Å². The minimum Gasteiger partial charge on any atom is -0.349 e. The van der Waals surface area contributed by atoms with Crippen LogP contribution in [0.25, 0.3) is 10.9 Å². The average Bonchev–Trinajstić information content (AvgIpc) is 2.93. The maximum Gasteiger partial charge on any atom is 0.193 e.